The molecule has 1 aromatic carbocycles. The zero-order chi connectivity index (χ0) is 17.8. The Balaban J connectivity index is 1.57. The fraction of sp³-hybridized carbons (Fsp3) is 0.450. The Morgan fingerprint density at radius 1 is 1.08 bits per heavy atom. The standard InChI is InChI=1S/C20H23F2NO2/c1-2-3-14-4-6-15(7-5-14)20(24)25-17-10-8-16(9-11-17)23-12-18(21)19(22)13-23/h8-15H,2-7H2,1H3. The van der Waals surface area contributed by atoms with Crippen LogP contribution in [-0.4, -0.2) is 10.5 Å². The highest BCUT2D eigenvalue weighted by Gasteiger charge is 2.27. The molecular formula is C20H23F2NO2. The van der Waals surface area contributed by atoms with Gasteiger partial charge in [-0.2, -0.15) is 0 Å². The van der Waals surface area contributed by atoms with Crippen LogP contribution < -0.4 is 4.74 Å². The normalized spacial score (nSPS) is 20.4. The van der Waals surface area contributed by atoms with Gasteiger partial charge in [-0.05, 0) is 55.9 Å². The first kappa shape index (κ1) is 17.6. The number of nitrogens with zero attached hydrogens (tertiary/aromatic N) is 1. The van der Waals surface area contributed by atoms with Gasteiger partial charge >= 0.3 is 5.97 Å². The Hall–Kier alpha value is -2.17. The second-order valence-corrected chi connectivity index (χ2v) is 6.78. The summed E-state index contributed by atoms with van der Waals surface area (Å²) in [5.74, 6) is -0.794. The molecule has 0 spiro atoms. The van der Waals surface area contributed by atoms with E-state index in [1.54, 1.807) is 24.3 Å². The molecule has 1 fully saturated rings. The smallest absolute Gasteiger partial charge is 0.314 e. The van der Waals surface area contributed by atoms with Gasteiger partial charge in [-0.1, -0.05) is 19.8 Å². The van der Waals surface area contributed by atoms with Crippen LogP contribution in [-0.2, 0) is 4.79 Å². The number of hydrogen-bond acceptors (Lipinski definition) is 2. The maximum Gasteiger partial charge on any atom is 0.314 e. The molecule has 0 amide bonds. The lowest BCUT2D eigenvalue weighted by Crippen LogP contribution is -2.25. The van der Waals surface area contributed by atoms with E-state index in [-0.39, 0.29) is 11.9 Å². The van der Waals surface area contributed by atoms with Crippen molar-refractivity contribution in [3.8, 4) is 11.4 Å². The van der Waals surface area contributed by atoms with Crippen LogP contribution >= 0.6 is 0 Å². The summed E-state index contributed by atoms with van der Waals surface area (Å²) in [7, 11) is 0. The van der Waals surface area contributed by atoms with Gasteiger partial charge in [0, 0.05) is 18.1 Å². The van der Waals surface area contributed by atoms with E-state index in [0.717, 1.165) is 44.0 Å². The van der Waals surface area contributed by atoms with E-state index in [9.17, 15) is 13.6 Å². The minimum Gasteiger partial charge on any atom is -0.426 e. The number of carbonyl (C=O) groups is 1. The summed E-state index contributed by atoms with van der Waals surface area (Å²) in [6, 6.07) is 6.62. The van der Waals surface area contributed by atoms with Crippen LogP contribution in [0.15, 0.2) is 36.7 Å². The molecule has 0 bridgehead atoms. The molecule has 134 valence electrons. The second-order valence-electron chi connectivity index (χ2n) is 6.78. The number of esters is 1. The van der Waals surface area contributed by atoms with E-state index >= 15 is 0 Å². The molecule has 0 atom stereocenters. The van der Waals surface area contributed by atoms with Crippen LogP contribution in [0.25, 0.3) is 5.69 Å². The quantitative estimate of drug-likeness (QED) is 0.545. The lowest BCUT2D eigenvalue weighted by atomic mass is 9.80. The minimum atomic E-state index is -0.894. The molecule has 0 N–H and O–H groups in total. The van der Waals surface area contributed by atoms with Crippen molar-refractivity contribution in [3.05, 3.63) is 48.3 Å². The van der Waals surface area contributed by atoms with E-state index in [2.05, 4.69) is 6.92 Å². The molecule has 1 aromatic heterocycles. The van der Waals surface area contributed by atoms with E-state index < -0.39 is 11.6 Å². The molecule has 0 unspecified atom stereocenters. The summed E-state index contributed by atoms with van der Waals surface area (Å²) >= 11 is 0. The average molecular weight is 347 g/mol. The monoisotopic (exact) mass is 347 g/mol. The van der Waals surface area contributed by atoms with Gasteiger partial charge < -0.3 is 9.30 Å². The summed E-state index contributed by atoms with van der Waals surface area (Å²) in [5.41, 5.74) is 0.600. The van der Waals surface area contributed by atoms with Crippen molar-refractivity contribution >= 4 is 5.97 Å². The highest BCUT2D eigenvalue weighted by molar-refractivity contribution is 5.75. The predicted octanol–water partition coefficient (Wildman–Crippen LogP) is 5.27. The van der Waals surface area contributed by atoms with Crippen LogP contribution in [0.3, 0.4) is 0 Å². The van der Waals surface area contributed by atoms with Crippen molar-refractivity contribution in [2.24, 2.45) is 11.8 Å². The fourth-order valence-corrected chi connectivity index (χ4v) is 3.53. The van der Waals surface area contributed by atoms with Gasteiger partial charge in [-0.3, -0.25) is 4.79 Å². The van der Waals surface area contributed by atoms with Crippen LogP contribution in [0.1, 0.15) is 45.4 Å². The van der Waals surface area contributed by atoms with Crippen molar-refractivity contribution in [1.29, 1.82) is 0 Å². The molecule has 1 aliphatic rings. The third-order valence-corrected chi connectivity index (χ3v) is 4.96. The van der Waals surface area contributed by atoms with Crippen molar-refractivity contribution in [3.63, 3.8) is 0 Å². The van der Waals surface area contributed by atoms with E-state index in [0.29, 0.717) is 11.4 Å². The molecular weight excluding hydrogens is 324 g/mol. The van der Waals surface area contributed by atoms with Gasteiger partial charge in [0.05, 0.1) is 5.92 Å². The highest BCUT2D eigenvalue weighted by atomic mass is 19.2. The van der Waals surface area contributed by atoms with Crippen LogP contribution in [0.5, 0.6) is 5.75 Å². The Kier molecular flexibility index (Phi) is 5.51. The molecule has 0 saturated heterocycles. The molecule has 2 aromatic rings. The van der Waals surface area contributed by atoms with Gasteiger partial charge in [0.25, 0.3) is 0 Å². The van der Waals surface area contributed by atoms with Crippen LogP contribution in [0.4, 0.5) is 8.78 Å². The average Bonchev–Trinajstić information content (AvgIpc) is 2.95. The summed E-state index contributed by atoms with van der Waals surface area (Å²) in [6.07, 6.45) is 8.56. The molecule has 25 heavy (non-hydrogen) atoms. The first-order valence-corrected chi connectivity index (χ1v) is 8.92. The summed E-state index contributed by atoms with van der Waals surface area (Å²) in [5, 5.41) is 0. The molecule has 0 radical (unpaired) electrons. The maximum atomic E-state index is 13.1. The molecule has 3 rings (SSSR count). The first-order chi connectivity index (χ1) is 12.1. The third kappa shape index (κ3) is 4.27. The van der Waals surface area contributed by atoms with E-state index in [1.165, 1.54) is 17.4 Å². The SMILES string of the molecule is CCCC1CCC(C(=O)Oc2ccc(-n3cc(F)c(F)c3)cc2)CC1. The lowest BCUT2D eigenvalue weighted by molar-refractivity contribution is -0.140. The largest absolute Gasteiger partial charge is 0.426 e. The fourth-order valence-electron chi connectivity index (χ4n) is 3.53. The third-order valence-electron chi connectivity index (χ3n) is 4.96. The topological polar surface area (TPSA) is 31.2 Å². The molecule has 1 heterocycles. The highest BCUT2D eigenvalue weighted by Crippen LogP contribution is 2.32. The Morgan fingerprint density at radius 2 is 1.68 bits per heavy atom. The predicted molar refractivity (Wildman–Crippen MR) is 91.7 cm³/mol. The maximum absolute atomic E-state index is 13.1. The van der Waals surface area contributed by atoms with Crippen molar-refractivity contribution < 1.29 is 18.3 Å². The molecule has 1 aliphatic carbocycles. The minimum absolute atomic E-state index is 0.0274. The molecule has 1 saturated carbocycles. The molecule has 3 nitrogen and oxygen atoms in total. The summed E-state index contributed by atoms with van der Waals surface area (Å²) < 4.78 is 33.0. The lowest BCUT2D eigenvalue weighted by Gasteiger charge is -2.26. The zero-order valence-corrected chi connectivity index (χ0v) is 14.4. The van der Waals surface area contributed by atoms with E-state index in [4.69, 9.17) is 4.74 Å². The second kappa shape index (κ2) is 7.81. The van der Waals surface area contributed by atoms with Gasteiger partial charge in [0.2, 0.25) is 0 Å². The Labute approximate surface area is 146 Å². The van der Waals surface area contributed by atoms with Crippen molar-refractivity contribution in [2.75, 3.05) is 0 Å². The van der Waals surface area contributed by atoms with Gasteiger partial charge in [0.15, 0.2) is 11.6 Å². The van der Waals surface area contributed by atoms with E-state index in [1.807, 2.05) is 0 Å². The van der Waals surface area contributed by atoms with Crippen molar-refractivity contribution in [2.45, 2.75) is 45.4 Å². The number of benzene rings is 1. The number of hydrogen-bond donors (Lipinski definition) is 0. The van der Waals surface area contributed by atoms with Crippen LogP contribution in [0.2, 0.25) is 0 Å². The summed E-state index contributed by atoms with van der Waals surface area (Å²) in [6.45, 7) is 2.19. The van der Waals surface area contributed by atoms with Crippen molar-refractivity contribution in [1.82, 2.24) is 4.57 Å². The Morgan fingerprint density at radius 3 is 2.24 bits per heavy atom. The van der Waals surface area contributed by atoms with Gasteiger partial charge in [0.1, 0.15) is 5.75 Å². The molecule has 0 aliphatic heterocycles. The number of halogens is 2. The van der Waals surface area contributed by atoms with Gasteiger partial charge in [-0.25, -0.2) is 8.78 Å². The number of carbonyl (C=O) groups excluding carboxylic acids is 1. The number of aromatic nitrogens is 1. The first-order valence-electron chi connectivity index (χ1n) is 8.92. The zero-order valence-electron chi connectivity index (χ0n) is 14.4. The Bertz CT molecular complexity index is 696. The number of ether oxygens (including phenoxy) is 1. The van der Waals surface area contributed by atoms with Gasteiger partial charge in [-0.15, -0.1) is 0 Å². The number of rotatable bonds is 5. The van der Waals surface area contributed by atoms with Crippen LogP contribution in [0, 0.1) is 23.5 Å². The molecule has 5 heteroatoms. The summed E-state index contributed by atoms with van der Waals surface area (Å²) in [4.78, 5) is 12.3.